The van der Waals surface area contributed by atoms with Crippen molar-refractivity contribution in [1.82, 2.24) is 9.97 Å². The van der Waals surface area contributed by atoms with Gasteiger partial charge >= 0.3 is 6.18 Å². The molecule has 2 heterocycles. The largest absolute Gasteiger partial charge is 0.417 e. The highest BCUT2D eigenvalue weighted by Gasteiger charge is 2.31. The molecule has 2 rings (SSSR count). The van der Waals surface area contributed by atoms with Crippen LogP contribution in [0.15, 0.2) is 24.5 Å². The molecule has 0 aliphatic heterocycles. The molecule has 0 saturated heterocycles. The van der Waals surface area contributed by atoms with Crippen LogP contribution < -0.4 is 0 Å². The molecule has 3 nitrogen and oxygen atoms in total. The van der Waals surface area contributed by atoms with Gasteiger partial charge in [0.15, 0.2) is 0 Å². The van der Waals surface area contributed by atoms with Crippen molar-refractivity contribution in [2.24, 2.45) is 0 Å². The molecular formula is C12H4Cl2F3N3. The Morgan fingerprint density at radius 1 is 1.10 bits per heavy atom. The van der Waals surface area contributed by atoms with Crippen LogP contribution in [0.2, 0.25) is 10.2 Å². The van der Waals surface area contributed by atoms with Crippen LogP contribution >= 0.6 is 23.2 Å². The van der Waals surface area contributed by atoms with Gasteiger partial charge in [-0.3, -0.25) is 4.98 Å². The van der Waals surface area contributed by atoms with Gasteiger partial charge in [-0.1, -0.05) is 23.2 Å². The van der Waals surface area contributed by atoms with Crippen molar-refractivity contribution in [2.75, 3.05) is 0 Å². The third kappa shape index (κ3) is 2.84. The Balaban J connectivity index is 2.52. The first-order chi connectivity index (χ1) is 9.32. The van der Waals surface area contributed by atoms with E-state index >= 15 is 0 Å². The molecule has 0 saturated carbocycles. The first-order valence-corrected chi connectivity index (χ1v) is 5.87. The lowest BCUT2D eigenvalue weighted by Crippen LogP contribution is -2.05. The van der Waals surface area contributed by atoms with Crippen LogP contribution in [0.5, 0.6) is 0 Å². The summed E-state index contributed by atoms with van der Waals surface area (Å²) in [4.78, 5) is 7.44. The first-order valence-electron chi connectivity index (χ1n) is 5.11. The molecule has 0 aromatic carbocycles. The van der Waals surface area contributed by atoms with Gasteiger partial charge in [0.2, 0.25) is 0 Å². The Kier molecular flexibility index (Phi) is 3.84. The minimum absolute atomic E-state index is 0.000663. The highest BCUT2D eigenvalue weighted by Crippen LogP contribution is 2.34. The van der Waals surface area contributed by atoms with Crippen molar-refractivity contribution >= 4 is 23.2 Å². The number of pyridine rings is 2. The summed E-state index contributed by atoms with van der Waals surface area (Å²) in [5.41, 5.74) is -0.458. The Bertz CT molecular complexity index is 708. The van der Waals surface area contributed by atoms with E-state index in [0.717, 1.165) is 6.07 Å². The Labute approximate surface area is 121 Å². The SMILES string of the molecule is N#Cc1cc(-c2ncc(C(F)(F)F)cc2Cl)cnc1Cl. The van der Waals surface area contributed by atoms with Crippen molar-refractivity contribution in [3.8, 4) is 17.3 Å². The van der Waals surface area contributed by atoms with Gasteiger partial charge in [0.25, 0.3) is 0 Å². The number of aromatic nitrogens is 2. The standard InChI is InChI=1S/C12H4Cl2F3N3/c13-9-2-8(12(15,16)17)5-19-10(9)7-1-6(3-18)11(14)20-4-7/h1-2,4-5H. The zero-order chi connectivity index (χ0) is 14.9. The van der Waals surface area contributed by atoms with Crippen LogP contribution in [0.25, 0.3) is 11.3 Å². The second-order valence-electron chi connectivity index (χ2n) is 3.73. The average Bonchev–Trinajstić information content (AvgIpc) is 2.38. The van der Waals surface area contributed by atoms with Gasteiger partial charge in [0.1, 0.15) is 11.2 Å². The topological polar surface area (TPSA) is 49.6 Å². The van der Waals surface area contributed by atoms with Crippen LogP contribution in [0.1, 0.15) is 11.1 Å². The van der Waals surface area contributed by atoms with Gasteiger partial charge in [0, 0.05) is 18.0 Å². The van der Waals surface area contributed by atoms with Gasteiger partial charge in [-0.15, -0.1) is 0 Å². The molecule has 0 bridgehead atoms. The van der Waals surface area contributed by atoms with Crippen LogP contribution in [0.4, 0.5) is 13.2 Å². The fraction of sp³-hybridized carbons (Fsp3) is 0.0833. The monoisotopic (exact) mass is 317 g/mol. The predicted octanol–water partition coefficient (Wildman–Crippen LogP) is 4.34. The first kappa shape index (κ1) is 14.6. The number of nitriles is 1. The summed E-state index contributed by atoms with van der Waals surface area (Å²) in [6.45, 7) is 0. The molecule has 8 heteroatoms. The molecule has 0 spiro atoms. The second-order valence-corrected chi connectivity index (χ2v) is 4.49. The van der Waals surface area contributed by atoms with Crippen LogP contribution in [-0.4, -0.2) is 9.97 Å². The number of hydrogen-bond acceptors (Lipinski definition) is 3. The zero-order valence-electron chi connectivity index (χ0n) is 9.54. The highest BCUT2D eigenvalue weighted by molar-refractivity contribution is 6.33. The van der Waals surface area contributed by atoms with Gasteiger partial charge < -0.3 is 0 Å². The summed E-state index contributed by atoms with van der Waals surface area (Å²) in [6, 6.07) is 3.94. The number of halogens is 5. The quantitative estimate of drug-likeness (QED) is 0.735. The van der Waals surface area contributed by atoms with Crippen LogP contribution in [-0.2, 0) is 6.18 Å². The maximum Gasteiger partial charge on any atom is 0.417 e. The molecule has 0 atom stereocenters. The van der Waals surface area contributed by atoms with Crippen molar-refractivity contribution in [3.63, 3.8) is 0 Å². The fourth-order valence-electron chi connectivity index (χ4n) is 1.46. The maximum absolute atomic E-state index is 12.5. The molecule has 0 aliphatic carbocycles. The van der Waals surface area contributed by atoms with E-state index in [1.165, 1.54) is 12.3 Å². The van der Waals surface area contributed by atoms with E-state index in [9.17, 15) is 13.2 Å². The number of hydrogen-bond donors (Lipinski definition) is 0. The van der Waals surface area contributed by atoms with E-state index in [0.29, 0.717) is 11.8 Å². The fourth-order valence-corrected chi connectivity index (χ4v) is 1.88. The molecule has 2 aromatic heterocycles. The molecule has 0 fully saturated rings. The third-order valence-electron chi connectivity index (χ3n) is 2.40. The minimum atomic E-state index is -4.52. The zero-order valence-corrected chi connectivity index (χ0v) is 11.1. The lowest BCUT2D eigenvalue weighted by atomic mass is 10.1. The van der Waals surface area contributed by atoms with E-state index in [4.69, 9.17) is 28.5 Å². The van der Waals surface area contributed by atoms with E-state index in [-0.39, 0.29) is 21.4 Å². The van der Waals surface area contributed by atoms with Gasteiger partial charge in [0.05, 0.1) is 21.8 Å². The Hall–Kier alpha value is -1.84. The van der Waals surface area contributed by atoms with Crippen molar-refractivity contribution in [3.05, 3.63) is 45.8 Å². The van der Waals surface area contributed by atoms with Gasteiger partial charge in [-0.2, -0.15) is 18.4 Å². The van der Waals surface area contributed by atoms with Gasteiger partial charge in [-0.25, -0.2) is 4.98 Å². The molecule has 0 aliphatic rings. The minimum Gasteiger partial charge on any atom is -0.254 e. The molecule has 0 amide bonds. The number of nitrogens with zero attached hydrogens (tertiary/aromatic N) is 3. The normalized spacial score (nSPS) is 11.2. The molecular weight excluding hydrogens is 314 g/mol. The third-order valence-corrected chi connectivity index (χ3v) is 2.99. The molecule has 0 radical (unpaired) electrons. The number of rotatable bonds is 1. The smallest absolute Gasteiger partial charge is 0.254 e. The molecule has 102 valence electrons. The summed E-state index contributed by atoms with van der Waals surface area (Å²) in [6.07, 6.45) is -2.57. The summed E-state index contributed by atoms with van der Waals surface area (Å²) >= 11 is 11.5. The summed E-state index contributed by atoms with van der Waals surface area (Å²) in [5, 5.41) is 8.65. The molecule has 20 heavy (non-hydrogen) atoms. The van der Waals surface area contributed by atoms with E-state index in [1.807, 2.05) is 6.07 Å². The van der Waals surface area contributed by atoms with Crippen molar-refractivity contribution < 1.29 is 13.2 Å². The lowest BCUT2D eigenvalue weighted by molar-refractivity contribution is -0.137. The second kappa shape index (κ2) is 5.27. The van der Waals surface area contributed by atoms with E-state index < -0.39 is 11.7 Å². The predicted molar refractivity (Wildman–Crippen MR) is 67.2 cm³/mol. The van der Waals surface area contributed by atoms with Crippen LogP contribution in [0, 0.1) is 11.3 Å². The lowest BCUT2D eigenvalue weighted by Gasteiger charge is -2.09. The molecule has 0 unspecified atom stereocenters. The van der Waals surface area contributed by atoms with E-state index in [1.54, 1.807) is 0 Å². The average molecular weight is 318 g/mol. The highest BCUT2D eigenvalue weighted by atomic mass is 35.5. The maximum atomic E-state index is 12.5. The summed E-state index contributed by atoms with van der Waals surface area (Å²) < 4.78 is 37.5. The molecule has 0 N–H and O–H groups in total. The Morgan fingerprint density at radius 3 is 2.35 bits per heavy atom. The number of alkyl halides is 3. The Morgan fingerprint density at radius 2 is 1.80 bits per heavy atom. The summed E-state index contributed by atoms with van der Waals surface area (Å²) in [7, 11) is 0. The van der Waals surface area contributed by atoms with Crippen molar-refractivity contribution in [1.29, 1.82) is 5.26 Å². The van der Waals surface area contributed by atoms with Crippen molar-refractivity contribution in [2.45, 2.75) is 6.18 Å². The van der Waals surface area contributed by atoms with Crippen LogP contribution in [0.3, 0.4) is 0 Å². The summed E-state index contributed by atoms with van der Waals surface area (Å²) in [5.74, 6) is 0. The van der Waals surface area contributed by atoms with E-state index in [2.05, 4.69) is 9.97 Å². The van der Waals surface area contributed by atoms with Gasteiger partial charge in [-0.05, 0) is 12.1 Å². The molecule has 2 aromatic rings.